The zero-order valence-electron chi connectivity index (χ0n) is 21.4. The number of ether oxygens (including phenoxy) is 3. The summed E-state index contributed by atoms with van der Waals surface area (Å²) in [4.78, 5) is 12.5. The maximum atomic E-state index is 12.5. The number of carbonyl (C=O) groups excluding carboxylic acids is 1. The number of allylic oxidation sites excluding steroid dienone is 1. The Morgan fingerprint density at radius 3 is 2.45 bits per heavy atom. The Balaban J connectivity index is 1.57. The fourth-order valence-electron chi connectivity index (χ4n) is 7.38. The Morgan fingerprint density at radius 2 is 1.79 bits per heavy atom. The smallest absolute Gasteiger partial charge is 0.331 e. The molecule has 33 heavy (non-hydrogen) atoms. The molecule has 3 aliphatic carbocycles. The van der Waals surface area contributed by atoms with E-state index >= 15 is 0 Å². The lowest BCUT2D eigenvalue weighted by molar-refractivity contribution is -0.328. The second-order valence-electron chi connectivity index (χ2n) is 12.1. The van der Waals surface area contributed by atoms with Gasteiger partial charge in [-0.2, -0.15) is 0 Å². The van der Waals surface area contributed by atoms with Crippen LogP contribution in [0.5, 0.6) is 0 Å². The minimum absolute atomic E-state index is 0.403. The van der Waals surface area contributed by atoms with Gasteiger partial charge in [-0.1, -0.05) is 39.7 Å². The average molecular weight is 465 g/mol. The van der Waals surface area contributed by atoms with E-state index in [2.05, 4.69) is 27.7 Å². The molecule has 4 aliphatic rings. The van der Waals surface area contributed by atoms with Crippen LogP contribution in [0.1, 0.15) is 80.6 Å². The molecule has 1 aliphatic heterocycles. The summed E-state index contributed by atoms with van der Waals surface area (Å²) < 4.78 is 18.4. The highest BCUT2D eigenvalue weighted by Crippen LogP contribution is 2.71. The van der Waals surface area contributed by atoms with Crippen molar-refractivity contribution in [1.29, 1.82) is 0 Å². The topological polar surface area (TPSA) is 85.2 Å². The molecule has 0 bridgehead atoms. The molecule has 0 aromatic heterocycles. The molecule has 6 nitrogen and oxygen atoms in total. The first-order valence-electron chi connectivity index (χ1n) is 13.0. The Labute approximate surface area is 199 Å². The van der Waals surface area contributed by atoms with Gasteiger partial charge in [0.1, 0.15) is 12.2 Å². The summed E-state index contributed by atoms with van der Waals surface area (Å²) in [6, 6.07) is 0. The summed E-state index contributed by atoms with van der Waals surface area (Å²) in [6.45, 7) is 14.9. The summed E-state index contributed by atoms with van der Waals surface area (Å²) in [5.41, 5.74) is 0.865. The maximum Gasteiger partial charge on any atom is 0.331 e. The van der Waals surface area contributed by atoms with Gasteiger partial charge < -0.3 is 24.4 Å². The molecular formula is C27H44O6. The molecule has 1 saturated heterocycles. The van der Waals surface area contributed by atoms with Gasteiger partial charge in [0.05, 0.1) is 11.7 Å². The number of esters is 1. The van der Waals surface area contributed by atoms with Crippen molar-refractivity contribution in [2.75, 3.05) is 0 Å². The van der Waals surface area contributed by atoms with E-state index in [0.29, 0.717) is 23.2 Å². The first-order chi connectivity index (χ1) is 15.4. The van der Waals surface area contributed by atoms with Crippen LogP contribution in [-0.2, 0) is 19.0 Å². The minimum Gasteiger partial charge on any atom is -0.451 e. The second kappa shape index (κ2) is 8.92. The van der Waals surface area contributed by atoms with Crippen LogP contribution >= 0.6 is 0 Å². The largest absolute Gasteiger partial charge is 0.451 e. The van der Waals surface area contributed by atoms with Gasteiger partial charge in [-0.25, -0.2) is 4.79 Å². The summed E-state index contributed by atoms with van der Waals surface area (Å²) in [7, 11) is 0. The number of carbonyl (C=O) groups is 1. The molecule has 2 N–H and O–H groups in total. The molecule has 0 radical (unpaired) electrons. The van der Waals surface area contributed by atoms with Gasteiger partial charge in [0.2, 0.25) is 0 Å². The quantitative estimate of drug-likeness (QED) is 0.468. The lowest BCUT2D eigenvalue weighted by Gasteiger charge is -2.47. The molecule has 0 aromatic rings. The molecule has 3 saturated carbocycles. The summed E-state index contributed by atoms with van der Waals surface area (Å²) in [5, 5.41) is 21.3. The monoisotopic (exact) mass is 464 g/mol. The van der Waals surface area contributed by atoms with E-state index in [0.717, 1.165) is 43.1 Å². The maximum absolute atomic E-state index is 12.5. The molecule has 4 fully saturated rings. The molecule has 6 unspecified atom stereocenters. The van der Waals surface area contributed by atoms with E-state index < -0.39 is 42.3 Å². The number of aliphatic hydroxyl groups excluding tert-OH is 2. The number of rotatable bonds is 5. The molecule has 4 rings (SSSR count). The zero-order valence-corrected chi connectivity index (χ0v) is 21.4. The van der Waals surface area contributed by atoms with E-state index in [1.807, 2.05) is 13.8 Å². The van der Waals surface area contributed by atoms with Crippen molar-refractivity contribution >= 4 is 5.97 Å². The standard InChI is InChI=1S/C27H44O6/c1-8-14(2)13-19(28)32-24-23(30)22(29)16(4)31-25(24)33-27(7)12-11-18-21(26(18,5)6)20-15(3)9-10-17(20)27/h13,15-18,20-25,29-30H,8-12H2,1-7H3/b14-13+/t15?,16?,17-,18+,20+,21+,22?,23?,24?,25?,27-/m0/s1. The predicted molar refractivity (Wildman–Crippen MR) is 125 cm³/mol. The predicted octanol–water partition coefficient (Wildman–Crippen LogP) is 4.22. The van der Waals surface area contributed by atoms with Crippen LogP contribution in [0.15, 0.2) is 11.6 Å². The van der Waals surface area contributed by atoms with Gasteiger partial charge in [-0.05, 0) is 81.5 Å². The molecule has 11 atom stereocenters. The van der Waals surface area contributed by atoms with Gasteiger partial charge in [-0.3, -0.25) is 0 Å². The highest BCUT2D eigenvalue weighted by atomic mass is 16.7. The first-order valence-corrected chi connectivity index (χ1v) is 13.0. The average Bonchev–Trinajstić information content (AvgIpc) is 3.12. The Hall–Kier alpha value is -0.950. The fourth-order valence-corrected chi connectivity index (χ4v) is 7.38. The van der Waals surface area contributed by atoms with Crippen LogP contribution in [0.2, 0.25) is 0 Å². The zero-order chi connectivity index (χ0) is 24.3. The first kappa shape index (κ1) is 25.2. The minimum atomic E-state index is -1.27. The SMILES string of the molecule is CC/C(C)=C/C(=O)OC1C(O[C@@]2(C)CC[C@@H]3[C@H]([C@@H]4C(C)CC[C@@H]42)C3(C)C)OC(C)C(O)C1O. The summed E-state index contributed by atoms with van der Waals surface area (Å²) in [6.07, 6.45) is 1.52. The van der Waals surface area contributed by atoms with E-state index in [-0.39, 0.29) is 0 Å². The molecule has 1 heterocycles. The lowest BCUT2D eigenvalue weighted by atomic mass is 9.74. The highest BCUT2D eigenvalue weighted by molar-refractivity contribution is 5.82. The Kier molecular flexibility index (Phi) is 6.80. The summed E-state index contributed by atoms with van der Waals surface area (Å²) in [5.74, 6) is 2.61. The molecule has 0 spiro atoms. The van der Waals surface area contributed by atoms with Crippen molar-refractivity contribution in [3.05, 3.63) is 11.6 Å². The number of hydrogen-bond donors (Lipinski definition) is 2. The van der Waals surface area contributed by atoms with Crippen molar-refractivity contribution in [3.63, 3.8) is 0 Å². The van der Waals surface area contributed by atoms with Gasteiger partial charge >= 0.3 is 5.97 Å². The van der Waals surface area contributed by atoms with Crippen LogP contribution in [0.3, 0.4) is 0 Å². The van der Waals surface area contributed by atoms with Crippen LogP contribution < -0.4 is 0 Å². The van der Waals surface area contributed by atoms with Crippen molar-refractivity contribution in [2.45, 2.75) is 117 Å². The van der Waals surface area contributed by atoms with E-state index in [4.69, 9.17) is 14.2 Å². The summed E-state index contributed by atoms with van der Waals surface area (Å²) >= 11 is 0. The third-order valence-corrected chi connectivity index (χ3v) is 9.69. The third-order valence-electron chi connectivity index (χ3n) is 9.69. The van der Waals surface area contributed by atoms with Crippen LogP contribution in [0.4, 0.5) is 0 Å². The van der Waals surface area contributed by atoms with Gasteiger partial charge in [-0.15, -0.1) is 0 Å². The van der Waals surface area contributed by atoms with Crippen molar-refractivity contribution in [2.24, 2.45) is 35.0 Å². The Morgan fingerprint density at radius 1 is 1.09 bits per heavy atom. The second-order valence-corrected chi connectivity index (χ2v) is 12.1. The highest BCUT2D eigenvalue weighted by Gasteiger charge is 2.67. The lowest BCUT2D eigenvalue weighted by Crippen LogP contribution is -2.61. The van der Waals surface area contributed by atoms with Gasteiger partial charge in [0, 0.05) is 6.08 Å². The van der Waals surface area contributed by atoms with Crippen LogP contribution in [-0.4, -0.2) is 52.5 Å². The van der Waals surface area contributed by atoms with Gasteiger partial charge in [0.15, 0.2) is 12.4 Å². The number of aliphatic hydroxyl groups is 2. The molecule has 0 amide bonds. The molecule has 0 aromatic carbocycles. The molecule has 6 heteroatoms. The third kappa shape index (κ3) is 4.41. The number of fused-ring (bicyclic) bond motifs is 3. The van der Waals surface area contributed by atoms with Crippen molar-refractivity contribution < 1.29 is 29.2 Å². The van der Waals surface area contributed by atoms with E-state index in [9.17, 15) is 15.0 Å². The van der Waals surface area contributed by atoms with Crippen LogP contribution in [0, 0.1) is 35.0 Å². The van der Waals surface area contributed by atoms with E-state index in [1.54, 1.807) is 6.92 Å². The Bertz CT molecular complexity index is 777. The molecule has 188 valence electrons. The molecular weight excluding hydrogens is 420 g/mol. The normalized spacial score (nSPS) is 49.1. The van der Waals surface area contributed by atoms with Crippen molar-refractivity contribution in [3.8, 4) is 0 Å². The van der Waals surface area contributed by atoms with E-state index in [1.165, 1.54) is 12.5 Å². The van der Waals surface area contributed by atoms with Crippen LogP contribution in [0.25, 0.3) is 0 Å². The van der Waals surface area contributed by atoms with Crippen molar-refractivity contribution in [1.82, 2.24) is 0 Å². The number of hydrogen-bond acceptors (Lipinski definition) is 6. The van der Waals surface area contributed by atoms with Gasteiger partial charge in [0.25, 0.3) is 0 Å². The fraction of sp³-hybridized carbons (Fsp3) is 0.889.